The summed E-state index contributed by atoms with van der Waals surface area (Å²) in [4.78, 5) is 19.6. The predicted octanol–water partition coefficient (Wildman–Crippen LogP) is 5.33. The second-order valence-corrected chi connectivity index (χ2v) is 8.85. The molecule has 1 saturated heterocycles. The summed E-state index contributed by atoms with van der Waals surface area (Å²) in [7, 11) is 0. The lowest BCUT2D eigenvalue weighted by molar-refractivity contribution is 0.0945. The van der Waals surface area contributed by atoms with E-state index < -0.39 is 6.10 Å². The lowest BCUT2D eigenvalue weighted by atomic mass is 10.1. The van der Waals surface area contributed by atoms with Gasteiger partial charge in [0, 0.05) is 37.8 Å². The molecule has 0 spiro atoms. The van der Waals surface area contributed by atoms with E-state index in [0.717, 1.165) is 37.3 Å². The van der Waals surface area contributed by atoms with Crippen LogP contribution in [0.2, 0.25) is 0 Å². The van der Waals surface area contributed by atoms with Crippen molar-refractivity contribution in [3.05, 3.63) is 95.3 Å². The maximum absolute atomic E-state index is 13.4. The van der Waals surface area contributed by atoms with Gasteiger partial charge in [0.05, 0.1) is 5.56 Å². The Morgan fingerprint density at radius 3 is 2.29 bits per heavy atom. The van der Waals surface area contributed by atoms with Crippen LogP contribution >= 0.6 is 0 Å². The molecule has 0 aliphatic carbocycles. The minimum absolute atomic E-state index is 0.209. The average Bonchev–Trinajstić information content (AvgIpc) is 2.89. The Labute approximate surface area is 205 Å². The Hall–Kier alpha value is -3.32. The van der Waals surface area contributed by atoms with Gasteiger partial charge in [-0.1, -0.05) is 18.6 Å². The molecule has 7 heteroatoms. The first kappa shape index (κ1) is 24.8. The van der Waals surface area contributed by atoms with E-state index >= 15 is 0 Å². The zero-order chi connectivity index (χ0) is 24.5. The molecule has 2 aromatic carbocycles. The van der Waals surface area contributed by atoms with Crippen LogP contribution in [0.15, 0.2) is 66.9 Å². The van der Waals surface area contributed by atoms with Crippen LogP contribution in [0.4, 0.5) is 8.78 Å². The number of carbonyl (C=O) groups excluding carboxylic acids is 1. The summed E-state index contributed by atoms with van der Waals surface area (Å²) in [6, 6.07) is 15.5. The molecule has 184 valence electrons. The van der Waals surface area contributed by atoms with Crippen molar-refractivity contribution in [2.45, 2.75) is 38.2 Å². The largest absolute Gasteiger partial charge is 0.486 e. The maximum Gasteiger partial charge on any atom is 0.252 e. The van der Waals surface area contributed by atoms with Gasteiger partial charge in [-0.3, -0.25) is 9.78 Å². The standard InChI is InChI=1S/C28H31F2N3O2/c29-23-7-4-21(5-8-23)27(35-26-12-9-24(30)10-13-26)14-16-31-28(34)22-6-11-25(32-20-22)15-19-33-17-2-1-3-18-33/h4-13,20,27H,1-3,14-19H2,(H,31,34). The number of piperidine rings is 1. The summed E-state index contributed by atoms with van der Waals surface area (Å²) in [5, 5.41) is 2.91. The third kappa shape index (κ3) is 7.59. The highest BCUT2D eigenvalue weighted by Gasteiger charge is 2.16. The Balaban J connectivity index is 1.30. The molecule has 0 radical (unpaired) electrons. The Morgan fingerprint density at radius 1 is 0.943 bits per heavy atom. The summed E-state index contributed by atoms with van der Waals surface area (Å²) in [6.07, 6.45) is 6.37. The van der Waals surface area contributed by atoms with Crippen molar-refractivity contribution in [1.82, 2.24) is 15.2 Å². The van der Waals surface area contributed by atoms with Crippen molar-refractivity contribution < 1.29 is 18.3 Å². The molecule has 0 saturated carbocycles. The number of hydrogen-bond donors (Lipinski definition) is 1. The molecule has 1 fully saturated rings. The highest BCUT2D eigenvalue weighted by molar-refractivity contribution is 5.93. The molecule has 1 N–H and O–H groups in total. The average molecular weight is 480 g/mol. The van der Waals surface area contributed by atoms with Gasteiger partial charge in [0.15, 0.2) is 0 Å². The number of amides is 1. The molecule has 1 aliphatic heterocycles. The molecular formula is C28H31F2N3O2. The number of rotatable bonds is 10. The third-order valence-corrected chi connectivity index (χ3v) is 6.25. The topological polar surface area (TPSA) is 54.5 Å². The first-order chi connectivity index (χ1) is 17.1. The molecule has 5 nitrogen and oxygen atoms in total. The van der Waals surface area contributed by atoms with Gasteiger partial charge in [0.1, 0.15) is 23.5 Å². The SMILES string of the molecule is O=C(NCCC(Oc1ccc(F)cc1)c1ccc(F)cc1)c1ccc(CCN2CCCCC2)nc1. The van der Waals surface area contributed by atoms with Crippen molar-refractivity contribution in [3.8, 4) is 5.75 Å². The number of pyridine rings is 1. The van der Waals surface area contributed by atoms with Gasteiger partial charge >= 0.3 is 0 Å². The molecular weight excluding hydrogens is 448 g/mol. The lowest BCUT2D eigenvalue weighted by Crippen LogP contribution is -2.31. The van der Waals surface area contributed by atoms with Crippen molar-refractivity contribution in [2.75, 3.05) is 26.2 Å². The zero-order valence-electron chi connectivity index (χ0n) is 19.8. The second-order valence-electron chi connectivity index (χ2n) is 8.85. The highest BCUT2D eigenvalue weighted by atomic mass is 19.1. The molecule has 1 aromatic heterocycles. The molecule has 1 amide bonds. The monoisotopic (exact) mass is 479 g/mol. The van der Waals surface area contributed by atoms with Gasteiger partial charge in [0.25, 0.3) is 5.91 Å². The molecule has 1 atom stereocenters. The predicted molar refractivity (Wildman–Crippen MR) is 131 cm³/mol. The van der Waals surface area contributed by atoms with Crippen LogP contribution in [0.3, 0.4) is 0 Å². The minimum Gasteiger partial charge on any atom is -0.486 e. The Kier molecular flexibility index (Phi) is 8.79. The van der Waals surface area contributed by atoms with E-state index in [4.69, 9.17) is 4.74 Å². The summed E-state index contributed by atoms with van der Waals surface area (Å²) in [6.45, 7) is 3.66. The summed E-state index contributed by atoms with van der Waals surface area (Å²) < 4.78 is 32.7. The normalized spacial score (nSPS) is 14.9. The van der Waals surface area contributed by atoms with Crippen LogP contribution in [0.1, 0.15) is 53.4 Å². The zero-order valence-corrected chi connectivity index (χ0v) is 19.8. The number of nitrogens with zero attached hydrogens (tertiary/aromatic N) is 2. The molecule has 4 rings (SSSR count). The number of benzene rings is 2. The molecule has 0 bridgehead atoms. The lowest BCUT2D eigenvalue weighted by Gasteiger charge is -2.26. The van der Waals surface area contributed by atoms with Gasteiger partial charge < -0.3 is 15.0 Å². The van der Waals surface area contributed by atoms with Gasteiger partial charge in [-0.05, 0) is 80.0 Å². The smallest absolute Gasteiger partial charge is 0.252 e. The first-order valence-corrected chi connectivity index (χ1v) is 12.2. The quantitative estimate of drug-likeness (QED) is 0.427. The summed E-state index contributed by atoms with van der Waals surface area (Å²) in [5.41, 5.74) is 2.26. The summed E-state index contributed by atoms with van der Waals surface area (Å²) >= 11 is 0. The van der Waals surface area contributed by atoms with Crippen LogP contribution in [-0.4, -0.2) is 42.0 Å². The van der Waals surface area contributed by atoms with E-state index in [2.05, 4.69) is 15.2 Å². The number of ether oxygens (including phenoxy) is 1. The van der Waals surface area contributed by atoms with Crippen LogP contribution in [0.25, 0.3) is 0 Å². The number of aromatic nitrogens is 1. The van der Waals surface area contributed by atoms with E-state index in [1.54, 1.807) is 36.5 Å². The molecule has 2 heterocycles. The van der Waals surface area contributed by atoms with E-state index in [1.165, 1.54) is 43.5 Å². The van der Waals surface area contributed by atoms with Crippen LogP contribution in [0.5, 0.6) is 5.75 Å². The van der Waals surface area contributed by atoms with E-state index in [0.29, 0.717) is 24.3 Å². The molecule has 1 aliphatic rings. The maximum atomic E-state index is 13.4. The number of halogens is 2. The van der Waals surface area contributed by atoms with Gasteiger partial charge in [-0.15, -0.1) is 0 Å². The van der Waals surface area contributed by atoms with Crippen molar-refractivity contribution in [3.63, 3.8) is 0 Å². The third-order valence-electron chi connectivity index (χ3n) is 6.25. The van der Waals surface area contributed by atoms with Crippen LogP contribution in [0, 0.1) is 11.6 Å². The van der Waals surface area contributed by atoms with Crippen molar-refractivity contribution in [2.24, 2.45) is 0 Å². The van der Waals surface area contributed by atoms with E-state index in [1.807, 2.05) is 6.07 Å². The highest BCUT2D eigenvalue weighted by Crippen LogP contribution is 2.25. The number of nitrogens with one attached hydrogen (secondary N) is 1. The van der Waals surface area contributed by atoms with Gasteiger partial charge in [0.2, 0.25) is 0 Å². The molecule has 35 heavy (non-hydrogen) atoms. The number of hydrogen-bond acceptors (Lipinski definition) is 4. The van der Waals surface area contributed by atoms with Crippen molar-refractivity contribution in [1.29, 1.82) is 0 Å². The van der Waals surface area contributed by atoms with Gasteiger partial charge in [-0.2, -0.15) is 0 Å². The van der Waals surface area contributed by atoms with E-state index in [9.17, 15) is 13.6 Å². The minimum atomic E-state index is -0.434. The first-order valence-electron chi connectivity index (χ1n) is 12.2. The summed E-state index contributed by atoms with van der Waals surface area (Å²) in [5.74, 6) is -0.403. The van der Waals surface area contributed by atoms with Crippen molar-refractivity contribution >= 4 is 5.91 Å². The van der Waals surface area contributed by atoms with Gasteiger partial charge in [-0.25, -0.2) is 8.78 Å². The second kappa shape index (κ2) is 12.4. The Bertz CT molecular complexity index is 1070. The Morgan fingerprint density at radius 2 is 1.63 bits per heavy atom. The molecule has 1 unspecified atom stereocenters. The molecule has 3 aromatic rings. The van der Waals surface area contributed by atoms with Crippen LogP contribution < -0.4 is 10.1 Å². The fourth-order valence-corrected chi connectivity index (χ4v) is 4.23. The fourth-order valence-electron chi connectivity index (χ4n) is 4.23. The fraction of sp³-hybridized carbons (Fsp3) is 0.357. The van der Waals surface area contributed by atoms with Crippen LogP contribution in [-0.2, 0) is 6.42 Å². The number of carbonyl (C=O) groups is 1. The van der Waals surface area contributed by atoms with E-state index in [-0.39, 0.29) is 17.5 Å². The number of likely N-dealkylation sites (tertiary alicyclic amines) is 1.